The number of rotatable bonds is 2. The fraction of sp³-hybridized carbons (Fsp3) is 0.250. The highest BCUT2D eigenvalue weighted by Crippen LogP contribution is 2.10. The van der Waals surface area contributed by atoms with Gasteiger partial charge in [0.2, 0.25) is 0 Å². The SMILES string of the molecule is Cc1ccc(OCS)cc1. The topological polar surface area (TPSA) is 9.23 Å². The number of hydrogen-bond acceptors (Lipinski definition) is 2. The number of hydrogen-bond donors (Lipinski definition) is 1. The lowest BCUT2D eigenvalue weighted by atomic mass is 10.2. The zero-order valence-electron chi connectivity index (χ0n) is 5.87. The van der Waals surface area contributed by atoms with Crippen LogP contribution >= 0.6 is 12.6 Å². The van der Waals surface area contributed by atoms with Gasteiger partial charge in [-0.15, -0.1) is 12.6 Å². The lowest BCUT2D eigenvalue weighted by molar-refractivity contribution is 0.394. The van der Waals surface area contributed by atoms with Crippen LogP contribution in [-0.2, 0) is 0 Å². The Morgan fingerprint density at radius 3 is 2.40 bits per heavy atom. The van der Waals surface area contributed by atoms with Gasteiger partial charge in [0.05, 0.1) is 0 Å². The second kappa shape index (κ2) is 3.52. The third kappa shape index (κ3) is 1.95. The molecule has 0 N–H and O–H groups in total. The quantitative estimate of drug-likeness (QED) is 0.508. The number of aryl methyl sites for hydroxylation is 1. The van der Waals surface area contributed by atoms with E-state index in [1.807, 2.05) is 31.2 Å². The molecule has 0 spiro atoms. The molecule has 0 saturated heterocycles. The predicted octanol–water partition coefficient (Wildman–Crippen LogP) is 2.26. The Labute approximate surface area is 66.4 Å². The molecular formula is C8H10OS. The first-order chi connectivity index (χ1) is 4.83. The summed E-state index contributed by atoms with van der Waals surface area (Å²) in [6.07, 6.45) is 0. The van der Waals surface area contributed by atoms with E-state index in [2.05, 4.69) is 12.6 Å². The average Bonchev–Trinajstić information content (AvgIpc) is 1.95. The van der Waals surface area contributed by atoms with Crippen LogP contribution in [0.25, 0.3) is 0 Å². The summed E-state index contributed by atoms with van der Waals surface area (Å²) in [6, 6.07) is 7.90. The first-order valence-corrected chi connectivity index (χ1v) is 3.76. The van der Waals surface area contributed by atoms with E-state index in [0.717, 1.165) is 5.75 Å². The van der Waals surface area contributed by atoms with Crippen LogP contribution in [0.4, 0.5) is 0 Å². The molecule has 1 aromatic carbocycles. The Kier molecular flexibility index (Phi) is 2.63. The van der Waals surface area contributed by atoms with Gasteiger partial charge in [-0.1, -0.05) is 17.7 Å². The van der Waals surface area contributed by atoms with Gasteiger partial charge in [0.15, 0.2) is 0 Å². The Balaban J connectivity index is 2.69. The fourth-order valence-electron chi connectivity index (χ4n) is 0.709. The van der Waals surface area contributed by atoms with Gasteiger partial charge < -0.3 is 4.74 Å². The van der Waals surface area contributed by atoms with Gasteiger partial charge in [-0.3, -0.25) is 0 Å². The molecule has 54 valence electrons. The number of thiol groups is 1. The molecule has 1 nitrogen and oxygen atoms in total. The van der Waals surface area contributed by atoms with Gasteiger partial charge in [0.25, 0.3) is 0 Å². The van der Waals surface area contributed by atoms with Crippen molar-refractivity contribution < 1.29 is 4.74 Å². The molecule has 0 aliphatic carbocycles. The Hall–Kier alpha value is -0.630. The number of ether oxygens (including phenoxy) is 1. The molecule has 1 aromatic rings. The van der Waals surface area contributed by atoms with E-state index < -0.39 is 0 Å². The molecule has 0 atom stereocenters. The van der Waals surface area contributed by atoms with E-state index in [9.17, 15) is 0 Å². The number of benzene rings is 1. The van der Waals surface area contributed by atoms with Crippen molar-refractivity contribution in [3.63, 3.8) is 0 Å². The average molecular weight is 154 g/mol. The van der Waals surface area contributed by atoms with E-state index in [-0.39, 0.29) is 0 Å². The Bertz CT molecular complexity index is 193. The van der Waals surface area contributed by atoms with Gasteiger partial charge in [-0.2, -0.15) is 0 Å². The van der Waals surface area contributed by atoms with Gasteiger partial charge in [0.1, 0.15) is 11.7 Å². The van der Waals surface area contributed by atoms with Crippen LogP contribution in [0, 0.1) is 6.92 Å². The molecule has 0 fully saturated rings. The largest absolute Gasteiger partial charge is 0.483 e. The first kappa shape index (κ1) is 7.48. The van der Waals surface area contributed by atoms with E-state index in [1.165, 1.54) is 5.56 Å². The van der Waals surface area contributed by atoms with Crippen molar-refractivity contribution in [2.45, 2.75) is 6.92 Å². The van der Waals surface area contributed by atoms with Crippen molar-refractivity contribution in [3.05, 3.63) is 29.8 Å². The molecule has 0 aliphatic heterocycles. The van der Waals surface area contributed by atoms with Crippen LogP contribution < -0.4 is 4.74 Å². The maximum Gasteiger partial charge on any atom is 0.131 e. The summed E-state index contributed by atoms with van der Waals surface area (Å²) >= 11 is 3.94. The van der Waals surface area contributed by atoms with Crippen LogP contribution in [0.15, 0.2) is 24.3 Å². The summed E-state index contributed by atoms with van der Waals surface area (Å²) in [4.78, 5) is 0. The molecule has 10 heavy (non-hydrogen) atoms. The smallest absolute Gasteiger partial charge is 0.131 e. The van der Waals surface area contributed by atoms with Crippen molar-refractivity contribution >= 4 is 12.6 Å². The maximum absolute atomic E-state index is 5.13. The molecule has 1 rings (SSSR count). The summed E-state index contributed by atoms with van der Waals surface area (Å²) in [5.74, 6) is 1.31. The molecule has 0 bridgehead atoms. The summed E-state index contributed by atoms with van der Waals surface area (Å²) in [7, 11) is 0. The highest BCUT2D eigenvalue weighted by Gasteiger charge is 1.88. The fourth-order valence-corrected chi connectivity index (χ4v) is 0.858. The van der Waals surface area contributed by atoms with Gasteiger partial charge in [0, 0.05) is 0 Å². The highest BCUT2D eigenvalue weighted by molar-refractivity contribution is 7.80. The van der Waals surface area contributed by atoms with Gasteiger partial charge >= 0.3 is 0 Å². The Morgan fingerprint density at radius 2 is 1.90 bits per heavy atom. The zero-order chi connectivity index (χ0) is 7.40. The maximum atomic E-state index is 5.13. The third-order valence-corrected chi connectivity index (χ3v) is 1.38. The minimum atomic E-state index is 0.434. The monoisotopic (exact) mass is 154 g/mol. The summed E-state index contributed by atoms with van der Waals surface area (Å²) in [5.41, 5.74) is 1.24. The van der Waals surface area contributed by atoms with Crippen molar-refractivity contribution in [1.82, 2.24) is 0 Å². The summed E-state index contributed by atoms with van der Waals surface area (Å²) in [6.45, 7) is 2.05. The standard InChI is InChI=1S/C8H10OS/c1-7-2-4-8(5-3-7)9-6-10/h2-5,10H,6H2,1H3. The predicted molar refractivity (Wildman–Crippen MR) is 45.7 cm³/mol. The molecule has 0 saturated carbocycles. The highest BCUT2D eigenvalue weighted by atomic mass is 32.1. The minimum Gasteiger partial charge on any atom is -0.483 e. The minimum absolute atomic E-state index is 0.434. The van der Waals surface area contributed by atoms with E-state index >= 15 is 0 Å². The molecule has 2 heteroatoms. The van der Waals surface area contributed by atoms with Crippen molar-refractivity contribution in [2.24, 2.45) is 0 Å². The lowest BCUT2D eigenvalue weighted by Gasteiger charge is -2.00. The van der Waals surface area contributed by atoms with E-state index in [0.29, 0.717) is 5.94 Å². The molecule has 0 aromatic heterocycles. The second-order valence-electron chi connectivity index (χ2n) is 2.09. The first-order valence-electron chi connectivity index (χ1n) is 3.13. The summed E-state index contributed by atoms with van der Waals surface area (Å²) in [5, 5.41) is 0. The summed E-state index contributed by atoms with van der Waals surface area (Å²) < 4.78 is 5.13. The lowest BCUT2D eigenvalue weighted by Crippen LogP contribution is -1.87. The van der Waals surface area contributed by atoms with Crippen LogP contribution in [0.2, 0.25) is 0 Å². The van der Waals surface area contributed by atoms with E-state index in [4.69, 9.17) is 4.74 Å². The van der Waals surface area contributed by atoms with Crippen LogP contribution in [0.5, 0.6) is 5.75 Å². The normalized spacial score (nSPS) is 9.40. The molecular weight excluding hydrogens is 144 g/mol. The third-order valence-electron chi connectivity index (χ3n) is 1.25. The second-order valence-corrected chi connectivity index (χ2v) is 2.34. The van der Waals surface area contributed by atoms with Crippen LogP contribution in [-0.4, -0.2) is 5.94 Å². The van der Waals surface area contributed by atoms with Crippen LogP contribution in [0.1, 0.15) is 5.56 Å². The molecule has 0 aliphatic rings. The Morgan fingerprint density at radius 1 is 1.30 bits per heavy atom. The van der Waals surface area contributed by atoms with Crippen molar-refractivity contribution in [2.75, 3.05) is 5.94 Å². The molecule has 0 amide bonds. The van der Waals surface area contributed by atoms with Crippen LogP contribution in [0.3, 0.4) is 0 Å². The van der Waals surface area contributed by atoms with Gasteiger partial charge in [-0.05, 0) is 19.1 Å². The van der Waals surface area contributed by atoms with Gasteiger partial charge in [-0.25, -0.2) is 0 Å². The van der Waals surface area contributed by atoms with Crippen molar-refractivity contribution in [1.29, 1.82) is 0 Å². The zero-order valence-corrected chi connectivity index (χ0v) is 6.77. The molecule has 0 unspecified atom stereocenters. The molecule has 0 heterocycles. The molecule has 0 radical (unpaired) electrons. The van der Waals surface area contributed by atoms with E-state index in [1.54, 1.807) is 0 Å². The van der Waals surface area contributed by atoms with Crippen molar-refractivity contribution in [3.8, 4) is 5.75 Å².